The molecule has 0 aromatic carbocycles. The van der Waals surface area contributed by atoms with E-state index in [1.165, 1.54) is 0 Å². The number of carbonyl (C=O) groups excluding carboxylic acids is 1. The average molecular weight is 280 g/mol. The minimum Gasteiger partial charge on any atom is -0.481 e. The summed E-state index contributed by atoms with van der Waals surface area (Å²) in [6, 6.07) is 0.0182. The summed E-state index contributed by atoms with van der Waals surface area (Å²) in [7, 11) is -3.49. The summed E-state index contributed by atoms with van der Waals surface area (Å²) >= 11 is 0. The maximum Gasteiger partial charge on any atom is 0.303 e. The van der Waals surface area contributed by atoms with E-state index in [0.717, 1.165) is 0 Å². The molecule has 0 fully saturated rings. The number of carboxylic acid groups (broad SMARTS) is 1. The van der Waals surface area contributed by atoms with Crippen molar-refractivity contribution in [1.29, 1.82) is 0 Å². The molecule has 18 heavy (non-hydrogen) atoms. The molecule has 106 valence electrons. The molecule has 0 aliphatic rings. The zero-order chi connectivity index (χ0) is 14.2. The van der Waals surface area contributed by atoms with Crippen molar-refractivity contribution in [3.8, 4) is 0 Å². The molecular formula is C10H20N2O5S. The van der Waals surface area contributed by atoms with E-state index < -0.39 is 16.0 Å². The van der Waals surface area contributed by atoms with Crippen LogP contribution >= 0.6 is 0 Å². The lowest BCUT2D eigenvalue weighted by atomic mass is 10.3. The molecule has 0 rings (SSSR count). The number of carboxylic acids is 1. The Bertz CT molecular complexity index is 378. The Hall–Kier alpha value is -1.15. The van der Waals surface area contributed by atoms with Crippen LogP contribution in [0.3, 0.4) is 0 Å². The molecule has 0 saturated heterocycles. The van der Waals surface area contributed by atoms with E-state index in [0.29, 0.717) is 0 Å². The summed E-state index contributed by atoms with van der Waals surface area (Å²) in [5.74, 6) is -1.50. The second-order valence-electron chi connectivity index (χ2n) is 4.18. The molecule has 0 atom stereocenters. The quantitative estimate of drug-likeness (QED) is 0.536. The first-order valence-corrected chi connectivity index (χ1v) is 7.36. The Balaban J connectivity index is 3.83. The molecule has 1 amide bonds. The van der Waals surface area contributed by atoms with Crippen LogP contribution < -0.4 is 10.0 Å². The second-order valence-corrected chi connectivity index (χ2v) is 6.11. The van der Waals surface area contributed by atoms with E-state index in [9.17, 15) is 18.0 Å². The SMILES string of the molecule is CC(C)NC(=O)CCNS(=O)(=O)CCCC(=O)O. The van der Waals surface area contributed by atoms with Crippen LogP contribution in [-0.2, 0) is 19.6 Å². The van der Waals surface area contributed by atoms with Crippen molar-refractivity contribution >= 4 is 21.9 Å². The molecule has 0 spiro atoms. The molecule has 0 bridgehead atoms. The Morgan fingerprint density at radius 2 is 1.83 bits per heavy atom. The number of nitrogens with one attached hydrogen (secondary N) is 2. The van der Waals surface area contributed by atoms with Gasteiger partial charge in [0.05, 0.1) is 5.75 Å². The van der Waals surface area contributed by atoms with Crippen molar-refractivity contribution < 1.29 is 23.1 Å². The van der Waals surface area contributed by atoms with Gasteiger partial charge < -0.3 is 10.4 Å². The van der Waals surface area contributed by atoms with E-state index in [1.807, 2.05) is 13.8 Å². The van der Waals surface area contributed by atoms with E-state index in [2.05, 4.69) is 10.0 Å². The van der Waals surface area contributed by atoms with Gasteiger partial charge in [0.2, 0.25) is 15.9 Å². The number of rotatable bonds is 9. The van der Waals surface area contributed by atoms with Crippen LogP contribution in [0.1, 0.15) is 33.1 Å². The van der Waals surface area contributed by atoms with Crippen LogP contribution in [0.2, 0.25) is 0 Å². The first-order chi connectivity index (χ1) is 8.23. The standard InChI is InChI=1S/C10H20N2O5S/c1-8(2)12-9(13)5-6-11-18(16,17)7-3-4-10(14)15/h8,11H,3-7H2,1-2H3,(H,12,13)(H,14,15). The summed E-state index contributed by atoms with van der Waals surface area (Å²) < 4.78 is 25.0. The van der Waals surface area contributed by atoms with Crippen molar-refractivity contribution in [3.05, 3.63) is 0 Å². The molecular weight excluding hydrogens is 260 g/mol. The highest BCUT2D eigenvalue weighted by atomic mass is 32.2. The van der Waals surface area contributed by atoms with Crippen LogP contribution in [0.5, 0.6) is 0 Å². The monoisotopic (exact) mass is 280 g/mol. The number of carbonyl (C=O) groups is 2. The molecule has 0 saturated carbocycles. The van der Waals surface area contributed by atoms with E-state index in [4.69, 9.17) is 5.11 Å². The van der Waals surface area contributed by atoms with E-state index in [-0.39, 0.29) is 43.5 Å². The Labute approximate surface area is 107 Å². The molecule has 0 unspecified atom stereocenters. The van der Waals surface area contributed by atoms with Gasteiger partial charge in [-0.1, -0.05) is 0 Å². The van der Waals surface area contributed by atoms with Gasteiger partial charge in [-0.2, -0.15) is 0 Å². The normalized spacial score (nSPS) is 11.5. The lowest BCUT2D eigenvalue weighted by Crippen LogP contribution is -2.34. The lowest BCUT2D eigenvalue weighted by molar-refractivity contribution is -0.137. The van der Waals surface area contributed by atoms with Gasteiger partial charge in [0, 0.05) is 25.4 Å². The Morgan fingerprint density at radius 3 is 2.33 bits per heavy atom. The topological polar surface area (TPSA) is 113 Å². The summed E-state index contributed by atoms with van der Waals surface area (Å²) in [6.45, 7) is 3.65. The maximum atomic E-state index is 11.4. The summed E-state index contributed by atoms with van der Waals surface area (Å²) in [5.41, 5.74) is 0. The summed E-state index contributed by atoms with van der Waals surface area (Å²) in [5, 5.41) is 11.0. The van der Waals surface area contributed by atoms with Gasteiger partial charge in [-0.25, -0.2) is 13.1 Å². The van der Waals surface area contributed by atoms with Crippen LogP contribution in [0.15, 0.2) is 0 Å². The molecule has 0 aromatic heterocycles. The number of sulfonamides is 1. The fourth-order valence-electron chi connectivity index (χ4n) is 1.20. The van der Waals surface area contributed by atoms with E-state index in [1.54, 1.807) is 0 Å². The van der Waals surface area contributed by atoms with Crippen molar-refractivity contribution in [2.24, 2.45) is 0 Å². The number of hydrogen-bond donors (Lipinski definition) is 3. The fourth-order valence-corrected chi connectivity index (χ4v) is 2.28. The van der Waals surface area contributed by atoms with Gasteiger partial charge >= 0.3 is 5.97 Å². The third-order valence-electron chi connectivity index (χ3n) is 1.93. The molecule has 0 aromatic rings. The summed E-state index contributed by atoms with van der Waals surface area (Å²) in [6.07, 6.45) is -0.0616. The zero-order valence-corrected chi connectivity index (χ0v) is 11.4. The average Bonchev–Trinajstić information content (AvgIpc) is 2.14. The largest absolute Gasteiger partial charge is 0.481 e. The lowest BCUT2D eigenvalue weighted by Gasteiger charge is -2.09. The zero-order valence-electron chi connectivity index (χ0n) is 10.6. The highest BCUT2D eigenvalue weighted by Crippen LogP contribution is 1.95. The van der Waals surface area contributed by atoms with Crippen molar-refractivity contribution in [2.75, 3.05) is 12.3 Å². The highest BCUT2D eigenvalue weighted by molar-refractivity contribution is 7.89. The summed E-state index contributed by atoms with van der Waals surface area (Å²) in [4.78, 5) is 21.4. The second kappa shape index (κ2) is 8.04. The van der Waals surface area contributed by atoms with Crippen LogP contribution in [0.25, 0.3) is 0 Å². The third-order valence-corrected chi connectivity index (χ3v) is 3.40. The molecule has 8 heteroatoms. The Morgan fingerprint density at radius 1 is 1.22 bits per heavy atom. The maximum absolute atomic E-state index is 11.4. The van der Waals surface area contributed by atoms with Gasteiger partial charge in [-0.05, 0) is 20.3 Å². The number of amides is 1. The molecule has 0 radical (unpaired) electrons. The molecule has 0 aliphatic heterocycles. The molecule has 3 N–H and O–H groups in total. The van der Waals surface area contributed by atoms with Gasteiger partial charge in [0.25, 0.3) is 0 Å². The van der Waals surface area contributed by atoms with Crippen LogP contribution in [-0.4, -0.2) is 43.7 Å². The third kappa shape index (κ3) is 10.0. The highest BCUT2D eigenvalue weighted by Gasteiger charge is 2.11. The number of hydrogen-bond acceptors (Lipinski definition) is 4. The first kappa shape index (κ1) is 16.9. The van der Waals surface area contributed by atoms with Gasteiger partial charge in [-0.15, -0.1) is 0 Å². The van der Waals surface area contributed by atoms with E-state index >= 15 is 0 Å². The minimum absolute atomic E-state index is 0.0182. The Kier molecular flexibility index (Phi) is 7.53. The fraction of sp³-hybridized carbons (Fsp3) is 0.800. The van der Waals surface area contributed by atoms with Crippen LogP contribution in [0, 0.1) is 0 Å². The van der Waals surface area contributed by atoms with Crippen molar-refractivity contribution in [1.82, 2.24) is 10.0 Å². The predicted octanol–water partition coefficient (Wildman–Crippen LogP) is -0.315. The van der Waals surface area contributed by atoms with Crippen molar-refractivity contribution in [2.45, 2.75) is 39.2 Å². The van der Waals surface area contributed by atoms with Gasteiger partial charge in [0.1, 0.15) is 0 Å². The van der Waals surface area contributed by atoms with Crippen LogP contribution in [0.4, 0.5) is 0 Å². The molecule has 7 nitrogen and oxygen atoms in total. The molecule has 0 aliphatic carbocycles. The minimum atomic E-state index is -3.49. The molecule has 0 heterocycles. The predicted molar refractivity (Wildman–Crippen MR) is 66.6 cm³/mol. The smallest absolute Gasteiger partial charge is 0.303 e. The number of aliphatic carboxylic acids is 1. The van der Waals surface area contributed by atoms with Gasteiger partial charge in [0.15, 0.2) is 0 Å². The van der Waals surface area contributed by atoms with Gasteiger partial charge in [-0.3, -0.25) is 9.59 Å². The van der Waals surface area contributed by atoms with Crippen molar-refractivity contribution in [3.63, 3.8) is 0 Å². The first-order valence-electron chi connectivity index (χ1n) is 5.71.